The Morgan fingerprint density at radius 3 is 2.57 bits per heavy atom. The van der Waals surface area contributed by atoms with Gasteiger partial charge in [-0.05, 0) is 30.2 Å². The van der Waals surface area contributed by atoms with E-state index in [1.807, 2.05) is 6.07 Å². The molecule has 2 aromatic rings. The third kappa shape index (κ3) is 5.78. The van der Waals surface area contributed by atoms with Gasteiger partial charge in [-0.3, -0.25) is 9.89 Å². The molecule has 5 nitrogen and oxygen atoms in total. The summed E-state index contributed by atoms with van der Waals surface area (Å²) in [5.41, 5.74) is 3.41. The zero-order chi connectivity index (χ0) is 19.8. The van der Waals surface area contributed by atoms with E-state index in [0.717, 1.165) is 38.4 Å². The third-order valence-corrected chi connectivity index (χ3v) is 4.98. The van der Waals surface area contributed by atoms with Gasteiger partial charge in [-0.25, -0.2) is 4.39 Å². The number of hydrogen-bond donors (Lipinski definition) is 2. The molecule has 1 heterocycles. The number of nitrogens with zero attached hydrogens (tertiary/aromatic N) is 2. The summed E-state index contributed by atoms with van der Waals surface area (Å²) in [4.78, 5) is 6.75. The second kappa shape index (κ2) is 10.2. The summed E-state index contributed by atoms with van der Waals surface area (Å²) >= 11 is 0. The van der Waals surface area contributed by atoms with Gasteiger partial charge in [0.1, 0.15) is 5.82 Å². The molecular formula is C22H29FN4O. The summed E-state index contributed by atoms with van der Waals surface area (Å²) in [5, 5.41) is 6.69. The van der Waals surface area contributed by atoms with Crippen molar-refractivity contribution in [2.75, 3.05) is 39.9 Å². The van der Waals surface area contributed by atoms with Crippen LogP contribution in [0, 0.1) is 12.7 Å². The van der Waals surface area contributed by atoms with E-state index < -0.39 is 0 Å². The number of ether oxygens (including phenoxy) is 1. The molecule has 0 saturated carbocycles. The topological polar surface area (TPSA) is 48.9 Å². The van der Waals surface area contributed by atoms with Gasteiger partial charge in [0.05, 0.1) is 19.3 Å². The van der Waals surface area contributed by atoms with E-state index in [0.29, 0.717) is 12.5 Å². The predicted molar refractivity (Wildman–Crippen MR) is 111 cm³/mol. The molecule has 0 amide bonds. The maximum atomic E-state index is 13.4. The molecule has 1 atom stereocenters. The molecule has 1 aliphatic rings. The van der Waals surface area contributed by atoms with Crippen LogP contribution in [0.4, 0.5) is 4.39 Å². The largest absolute Gasteiger partial charge is 0.379 e. The number of nitrogens with one attached hydrogen (secondary N) is 2. The van der Waals surface area contributed by atoms with Crippen molar-refractivity contribution in [1.29, 1.82) is 0 Å². The summed E-state index contributed by atoms with van der Waals surface area (Å²) in [6, 6.07) is 15.5. The smallest absolute Gasteiger partial charge is 0.191 e. The van der Waals surface area contributed by atoms with Crippen molar-refractivity contribution in [2.45, 2.75) is 19.5 Å². The van der Waals surface area contributed by atoms with Crippen LogP contribution in [0.5, 0.6) is 0 Å². The molecule has 0 radical (unpaired) electrons. The van der Waals surface area contributed by atoms with E-state index in [2.05, 4.69) is 51.7 Å². The van der Waals surface area contributed by atoms with Gasteiger partial charge in [-0.2, -0.15) is 0 Å². The maximum Gasteiger partial charge on any atom is 0.191 e. The lowest BCUT2D eigenvalue weighted by Gasteiger charge is -2.35. The van der Waals surface area contributed by atoms with Gasteiger partial charge in [0.15, 0.2) is 5.96 Å². The molecule has 1 unspecified atom stereocenters. The number of rotatable bonds is 6. The quantitative estimate of drug-likeness (QED) is 0.594. The first-order valence-corrected chi connectivity index (χ1v) is 9.73. The normalized spacial score (nSPS) is 16.6. The van der Waals surface area contributed by atoms with Gasteiger partial charge in [0, 0.05) is 33.2 Å². The highest BCUT2D eigenvalue weighted by Crippen LogP contribution is 2.21. The molecular weight excluding hydrogens is 355 g/mol. The Bertz CT molecular complexity index is 772. The standard InChI is InChI=1S/C22H29FN4O/c1-17-6-8-19(9-7-17)21(27-10-12-28-13-11-27)16-26-22(24-2)25-15-18-4-3-5-20(23)14-18/h3-9,14,21H,10-13,15-16H2,1-2H3,(H2,24,25,26). The third-order valence-electron chi connectivity index (χ3n) is 4.98. The molecule has 1 saturated heterocycles. The zero-order valence-corrected chi connectivity index (χ0v) is 16.6. The molecule has 28 heavy (non-hydrogen) atoms. The van der Waals surface area contributed by atoms with E-state index in [1.54, 1.807) is 13.1 Å². The second-order valence-electron chi connectivity index (χ2n) is 7.01. The molecule has 3 rings (SSSR count). The molecule has 150 valence electrons. The summed E-state index contributed by atoms with van der Waals surface area (Å²) in [5.74, 6) is 0.476. The molecule has 2 N–H and O–H groups in total. The molecule has 1 fully saturated rings. The van der Waals surface area contributed by atoms with Gasteiger partial charge in [0.2, 0.25) is 0 Å². The van der Waals surface area contributed by atoms with Gasteiger partial charge in [-0.1, -0.05) is 42.0 Å². The van der Waals surface area contributed by atoms with Crippen LogP contribution in [-0.4, -0.2) is 50.8 Å². The van der Waals surface area contributed by atoms with Crippen molar-refractivity contribution < 1.29 is 9.13 Å². The van der Waals surface area contributed by atoms with E-state index in [9.17, 15) is 4.39 Å². The van der Waals surface area contributed by atoms with Crippen LogP contribution in [-0.2, 0) is 11.3 Å². The Hall–Kier alpha value is -2.44. The number of benzene rings is 2. The van der Waals surface area contributed by atoms with Crippen LogP contribution >= 0.6 is 0 Å². The van der Waals surface area contributed by atoms with Gasteiger partial charge in [0.25, 0.3) is 0 Å². The van der Waals surface area contributed by atoms with Crippen molar-refractivity contribution in [1.82, 2.24) is 15.5 Å². The summed E-state index contributed by atoms with van der Waals surface area (Å²) < 4.78 is 18.9. The van der Waals surface area contributed by atoms with E-state index in [-0.39, 0.29) is 11.9 Å². The average molecular weight is 384 g/mol. The van der Waals surface area contributed by atoms with Crippen LogP contribution in [0.2, 0.25) is 0 Å². The number of halogens is 1. The molecule has 6 heteroatoms. The Morgan fingerprint density at radius 2 is 1.89 bits per heavy atom. The SMILES string of the molecule is CN=C(NCc1cccc(F)c1)NCC(c1ccc(C)cc1)N1CCOCC1. The highest BCUT2D eigenvalue weighted by atomic mass is 19.1. The Kier molecular flexibility index (Phi) is 7.39. The van der Waals surface area contributed by atoms with E-state index >= 15 is 0 Å². The first-order valence-electron chi connectivity index (χ1n) is 9.73. The Labute approximate surface area is 166 Å². The van der Waals surface area contributed by atoms with Gasteiger partial charge >= 0.3 is 0 Å². The summed E-state index contributed by atoms with van der Waals surface area (Å²) in [6.45, 7) is 6.69. The Balaban J connectivity index is 1.63. The van der Waals surface area contributed by atoms with Crippen molar-refractivity contribution in [3.05, 3.63) is 71.0 Å². The van der Waals surface area contributed by atoms with Crippen LogP contribution in [0.3, 0.4) is 0 Å². The highest BCUT2D eigenvalue weighted by molar-refractivity contribution is 5.79. The molecule has 0 bridgehead atoms. The second-order valence-corrected chi connectivity index (χ2v) is 7.01. The lowest BCUT2D eigenvalue weighted by atomic mass is 10.0. The zero-order valence-electron chi connectivity index (χ0n) is 16.6. The summed E-state index contributed by atoms with van der Waals surface area (Å²) in [6.07, 6.45) is 0. The first kappa shape index (κ1) is 20.3. The van der Waals surface area contributed by atoms with Crippen LogP contribution in [0.25, 0.3) is 0 Å². The van der Waals surface area contributed by atoms with Crippen LogP contribution < -0.4 is 10.6 Å². The van der Waals surface area contributed by atoms with Crippen molar-refractivity contribution in [3.8, 4) is 0 Å². The van der Waals surface area contributed by atoms with Crippen LogP contribution in [0.1, 0.15) is 22.7 Å². The molecule has 0 aliphatic carbocycles. The first-order chi connectivity index (χ1) is 13.7. The number of hydrogen-bond acceptors (Lipinski definition) is 3. The summed E-state index contributed by atoms with van der Waals surface area (Å²) in [7, 11) is 1.75. The number of aliphatic imine (C=N–C) groups is 1. The molecule has 0 aromatic heterocycles. The van der Waals surface area contributed by atoms with Crippen molar-refractivity contribution in [3.63, 3.8) is 0 Å². The van der Waals surface area contributed by atoms with E-state index in [4.69, 9.17) is 4.74 Å². The monoisotopic (exact) mass is 384 g/mol. The Morgan fingerprint density at radius 1 is 1.14 bits per heavy atom. The average Bonchev–Trinajstić information content (AvgIpc) is 2.72. The number of aryl methyl sites for hydroxylation is 1. The lowest BCUT2D eigenvalue weighted by molar-refractivity contribution is 0.0170. The van der Waals surface area contributed by atoms with Crippen molar-refractivity contribution in [2.24, 2.45) is 4.99 Å². The fraction of sp³-hybridized carbons (Fsp3) is 0.409. The molecule has 2 aromatic carbocycles. The van der Waals surface area contributed by atoms with E-state index in [1.165, 1.54) is 23.3 Å². The minimum atomic E-state index is -0.228. The van der Waals surface area contributed by atoms with Gasteiger partial charge in [-0.15, -0.1) is 0 Å². The number of morpholine rings is 1. The fourth-order valence-electron chi connectivity index (χ4n) is 3.38. The fourth-order valence-corrected chi connectivity index (χ4v) is 3.38. The number of guanidine groups is 1. The van der Waals surface area contributed by atoms with Crippen molar-refractivity contribution >= 4 is 5.96 Å². The minimum absolute atomic E-state index is 0.228. The van der Waals surface area contributed by atoms with Gasteiger partial charge < -0.3 is 15.4 Å². The maximum absolute atomic E-state index is 13.4. The predicted octanol–water partition coefficient (Wildman–Crippen LogP) is 2.87. The highest BCUT2D eigenvalue weighted by Gasteiger charge is 2.22. The molecule has 1 aliphatic heterocycles. The lowest BCUT2D eigenvalue weighted by Crippen LogP contribution is -2.46. The van der Waals surface area contributed by atoms with Crippen LogP contribution in [0.15, 0.2) is 53.5 Å². The molecule has 0 spiro atoms. The minimum Gasteiger partial charge on any atom is -0.379 e.